The van der Waals surface area contributed by atoms with Gasteiger partial charge in [-0.3, -0.25) is 9.59 Å². The van der Waals surface area contributed by atoms with Crippen LogP contribution in [0.1, 0.15) is 18.5 Å². The predicted octanol–water partition coefficient (Wildman–Crippen LogP) is 1.49. The molecule has 2 rings (SSSR count). The lowest BCUT2D eigenvalue weighted by Crippen LogP contribution is -2.23. The van der Waals surface area contributed by atoms with Gasteiger partial charge in [0.25, 0.3) is 0 Å². The van der Waals surface area contributed by atoms with E-state index in [0.717, 1.165) is 0 Å². The molecule has 1 aromatic carbocycles. The van der Waals surface area contributed by atoms with Gasteiger partial charge in [0, 0.05) is 6.42 Å². The van der Waals surface area contributed by atoms with E-state index in [0.29, 0.717) is 35.9 Å². The fourth-order valence-corrected chi connectivity index (χ4v) is 2.08. The van der Waals surface area contributed by atoms with Crippen molar-refractivity contribution in [2.45, 2.75) is 25.9 Å². The van der Waals surface area contributed by atoms with Crippen LogP contribution in [0.25, 0.3) is 0 Å². The lowest BCUT2D eigenvalue weighted by molar-refractivity contribution is -0.138. The zero-order valence-corrected chi connectivity index (χ0v) is 13.6. The number of halogens is 1. The molecule has 0 unspecified atom stereocenters. The molecule has 0 atom stereocenters. The van der Waals surface area contributed by atoms with Crippen molar-refractivity contribution in [3.05, 3.63) is 41.2 Å². The maximum absolute atomic E-state index is 11.7. The highest BCUT2D eigenvalue weighted by Gasteiger charge is 2.07. The van der Waals surface area contributed by atoms with Crippen LogP contribution in [0.3, 0.4) is 0 Å². The van der Waals surface area contributed by atoms with Crippen LogP contribution in [0.2, 0.25) is 5.02 Å². The molecule has 0 aliphatic carbocycles. The van der Waals surface area contributed by atoms with Gasteiger partial charge in [-0.15, -0.1) is 5.10 Å². The number of aliphatic carboxylic acids is 1. The summed E-state index contributed by atoms with van der Waals surface area (Å²) in [4.78, 5) is 22.3. The van der Waals surface area contributed by atoms with E-state index in [1.807, 2.05) is 12.1 Å². The predicted molar refractivity (Wildman–Crippen MR) is 85.7 cm³/mol. The number of nitrogens with zero attached hydrogens (tertiary/aromatic N) is 3. The van der Waals surface area contributed by atoms with Crippen LogP contribution in [-0.4, -0.2) is 38.6 Å². The number of hydrogen-bond acceptors (Lipinski definition) is 5. The normalized spacial score (nSPS) is 10.4. The molecule has 0 bridgehead atoms. The van der Waals surface area contributed by atoms with Crippen LogP contribution < -0.4 is 10.1 Å². The topological polar surface area (TPSA) is 106 Å². The molecule has 0 saturated carbocycles. The number of carbonyl (C=O) groups is 2. The zero-order valence-electron chi connectivity index (χ0n) is 12.8. The number of carbonyl (C=O) groups excluding carboxylic acids is 1. The van der Waals surface area contributed by atoms with Crippen LogP contribution in [0.5, 0.6) is 5.75 Å². The molecule has 0 saturated heterocycles. The van der Waals surface area contributed by atoms with Gasteiger partial charge in [0.2, 0.25) is 5.91 Å². The Labute approximate surface area is 143 Å². The highest BCUT2D eigenvalue weighted by molar-refractivity contribution is 6.32. The minimum atomic E-state index is -1.01. The molecule has 0 spiro atoms. The molecule has 24 heavy (non-hydrogen) atoms. The Bertz CT molecular complexity index is 704. The fraction of sp³-hybridized carbons (Fsp3) is 0.333. The Kier molecular flexibility index (Phi) is 6.56. The molecule has 2 aromatic rings. The largest absolute Gasteiger partial charge is 0.492 e. The molecule has 2 N–H and O–H groups in total. The van der Waals surface area contributed by atoms with Crippen molar-refractivity contribution in [2.75, 3.05) is 6.61 Å². The van der Waals surface area contributed by atoms with Crippen LogP contribution in [0.4, 0.5) is 0 Å². The van der Waals surface area contributed by atoms with Gasteiger partial charge in [-0.2, -0.15) is 0 Å². The van der Waals surface area contributed by atoms with Crippen molar-refractivity contribution in [1.82, 2.24) is 20.3 Å². The van der Waals surface area contributed by atoms with Gasteiger partial charge in [0.15, 0.2) is 0 Å². The van der Waals surface area contributed by atoms with E-state index in [1.165, 1.54) is 10.9 Å². The SMILES string of the molecule is O=C(O)Cn1cc(CNC(=O)CCCOc2ccccc2Cl)nn1. The summed E-state index contributed by atoms with van der Waals surface area (Å²) in [6.45, 7) is 0.316. The van der Waals surface area contributed by atoms with Crippen molar-refractivity contribution in [3.8, 4) is 5.75 Å². The maximum Gasteiger partial charge on any atom is 0.325 e. The summed E-state index contributed by atoms with van der Waals surface area (Å²) in [5.41, 5.74) is 0.497. The molecule has 8 nitrogen and oxygen atoms in total. The van der Waals surface area contributed by atoms with E-state index >= 15 is 0 Å². The Morgan fingerprint density at radius 2 is 2.12 bits per heavy atom. The number of aromatic nitrogens is 3. The molecule has 1 heterocycles. The Morgan fingerprint density at radius 3 is 2.88 bits per heavy atom. The average molecular weight is 353 g/mol. The smallest absolute Gasteiger partial charge is 0.325 e. The third-order valence-electron chi connectivity index (χ3n) is 2.99. The number of ether oxygens (including phenoxy) is 1. The van der Waals surface area contributed by atoms with Crippen molar-refractivity contribution < 1.29 is 19.4 Å². The Balaban J connectivity index is 1.64. The highest BCUT2D eigenvalue weighted by Crippen LogP contribution is 2.23. The van der Waals surface area contributed by atoms with Gasteiger partial charge >= 0.3 is 5.97 Å². The standard InChI is InChI=1S/C15H17ClN4O4/c16-12-4-1-2-5-13(12)24-7-3-6-14(21)17-8-11-9-20(19-18-11)10-15(22)23/h1-2,4-5,9H,3,6-8,10H2,(H,17,21)(H,22,23). The number of benzene rings is 1. The minimum Gasteiger partial charge on any atom is -0.492 e. The van der Waals surface area contributed by atoms with Crippen LogP contribution >= 0.6 is 11.6 Å². The third kappa shape index (κ3) is 5.88. The molecule has 9 heteroatoms. The number of carboxylic acids is 1. The van der Waals surface area contributed by atoms with Crippen molar-refractivity contribution in [1.29, 1.82) is 0 Å². The lowest BCUT2D eigenvalue weighted by atomic mass is 10.3. The summed E-state index contributed by atoms with van der Waals surface area (Å²) < 4.78 is 6.69. The average Bonchev–Trinajstić information content (AvgIpc) is 2.98. The third-order valence-corrected chi connectivity index (χ3v) is 3.30. The Morgan fingerprint density at radius 1 is 1.33 bits per heavy atom. The zero-order chi connectivity index (χ0) is 17.4. The fourth-order valence-electron chi connectivity index (χ4n) is 1.89. The van der Waals surface area contributed by atoms with Crippen LogP contribution in [0, 0.1) is 0 Å². The lowest BCUT2D eigenvalue weighted by Gasteiger charge is -2.07. The van der Waals surface area contributed by atoms with Crippen molar-refractivity contribution in [3.63, 3.8) is 0 Å². The first kappa shape index (κ1) is 17.7. The van der Waals surface area contributed by atoms with Gasteiger partial charge < -0.3 is 15.2 Å². The molecular weight excluding hydrogens is 336 g/mol. The van der Waals surface area contributed by atoms with Gasteiger partial charge in [-0.25, -0.2) is 4.68 Å². The summed E-state index contributed by atoms with van der Waals surface area (Å²) in [5, 5.41) is 19.3. The van der Waals surface area contributed by atoms with Crippen molar-refractivity contribution >= 4 is 23.5 Å². The number of nitrogens with one attached hydrogen (secondary N) is 1. The van der Waals surface area contributed by atoms with E-state index in [1.54, 1.807) is 12.1 Å². The van der Waals surface area contributed by atoms with Gasteiger partial charge in [-0.05, 0) is 18.6 Å². The first-order valence-corrected chi connectivity index (χ1v) is 7.67. The van der Waals surface area contributed by atoms with E-state index in [9.17, 15) is 9.59 Å². The van der Waals surface area contributed by atoms with Crippen LogP contribution in [-0.2, 0) is 22.7 Å². The second-order valence-corrected chi connectivity index (χ2v) is 5.37. The molecular formula is C15H17ClN4O4. The number of amides is 1. The van der Waals surface area contributed by atoms with Gasteiger partial charge in [0.05, 0.1) is 24.4 Å². The first-order valence-electron chi connectivity index (χ1n) is 7.29. The van der Waals surface area contributed by atoms with E-state index in [-0.39, 0.29) is 19.0 Å². The quantitative estimate of drug-likeness (QED) is 0.662. The summed E-state index contributed by atoms with van der Waals surface area (Å²) in [5.74, 6) is -0.561. The number of hydrogen-bond donors (Lipinski definition) is 2. The number of rotatable bonds is 9. The molecule has 0 aliphatic heterocycles. The second kappa shape index (κ2) is 8.88. The molecule has 0 aliphatic rings. The maximum atomic E-state index is 11.7. The number of para-hydroxylation sites is 1. The summed E-state index contributed by atoms with van der Waals surface area (Å²) in [6.07, 6.45) is 2.32. The molecule has 0 fully saturated rings. The molecule has 1 aromatic heterocycles. The number of carboxylic acid groups (broad SMARTS) is 1. The summed E-state index contributed by atoms with van der Waals surface area (Å²) >= 11 is 5.96. The monoisotopic (exact) mass is 352 g/mol. The van der Waals surface area contributed by atoms with E-state index < -0.39 is 5.97 Å². The van der Waals surface area contributed by atoms with Gasteiger partial charge in [0.1, 0.15) is 18.0 Å². The van der Waals surface area contributed by atoms with E-state index in [4.69, 9.17) is 21.4 Å². The summed E-state index contributed by atoms with van der Waals surface area (Å²) in [6, 6.07) is 7.14. The van der Waals surface area contributed by atoms with E-state index in [2.05, 4.69) is 15.6 Å². The first-order chi connectivity index (χ1) is 11.5. The van der Waals surface area contributed by atoms with Crippen molar-refractivity contribution in [2.24, 2.45) is 0 Å². The summed E-state index contributed by atoms with van der Waals surface area (Å²) in [7, 11) is 0. The minimum absolute atomic E-state index is 0.148. The second-order valence-electron chi connectivity index (χ2n) is 4.96. The molecule has 128 valence electrons. The highest BCUT2D eigenvalue weighted by atomic mass is 35.5. The molecule has 0 radical (unpaired) electrons. The van der Waals surface area contributed by atoms with Crippen LogP contribution in [0.15, 0.2) is 30.5 Å². The molecule has 1 amide bonds. The Hall–Kier alpha value is -2.61. The van der Waals surface area contributed by atoms with Gasteiger partial charge in [-0.1, -0.05) is 28.9 Å².